The zero-order valence-corrected chi connectivity index (χ0v) is 12.9. The van der Waals surface area contributed by atoms with E-state index in [1.165, 1.54) is 0 Å². The number of thioether (sulfide) groups is 1. The summed E-state index contributed by atoms with van der Waals surface area (Å²) in [6.45, 7) is 3.37. The smallest absolute Gasteiger partial charge is 0.319 e. The lowest BCUT2D eigenvalue weighted by Gasteiger charge is -2.15. The van der Waals surface area contributed by atoms with Gasteiger partial charge in [-0.3, -0.25) is 18.2 Å². The third kappa shape index (κ3) is 5.67. The van der Waals surface area contributed by atoms with Crippen molar-refractivity contribution in [2.24, 2.45) is 0 Å². The van der Waals surface area contributed by atoms with Gasteiger partial charge < -0.3 is 14.9 Å². The normalized spacial score (nSPS) is 16.0. The molecule has 0 fully saturated rings. The average molecular weight is 328 g/mol. The van der Waals surface area contributed by atoms with Crippen LogP contribution in [0.1, 0.15) is 11.1 Å². The molecule has 0 bridgehead atoms. The van der Waals surface area contributed by atoms with Crippen LogP contribution >= 0.6 is 28.3 Å². The van der Waals surface area contributed by atoms with E-state index in [2.05, 4.69) is 9.05 Å². The van der Waals surface area contributed by atoms with Gasteiger partial charge in [0.05, 0.1) is 0 Å². The average Bonchev–Trinajstić information content (AvgIpc) is 2.23. The lowest BCUT2D eigenvalue weighted by molar-refractivity contribution is 0.0777. The molecule has 1 aromatic carbocycles. The largest absolute Gasteiger partial charge is 0.507 e. The molecule has 2 unspecified atom stereocenters. The molecule has 1 aromatic rings. The first kappa shape index (κ1) is 16.7. The Labute approximate surface area is 115 Å². The summed E-state index contributed by atoms with van der Waals surface area (Å²) in [6.07, 6.45) is 0. The molecule has 0 spiro atoms. The number of aryl methyl sites for hydroxylation is 2. The van der Waals surface area contributed by atoms with Gasteiger partial charge in [0.2, 0.25) is 5.62 Å². The molecule has 0 aliphatic carbocycles. The number of hydrogen-bond donors (Lipinski definition) is 3. The van der Waals surface area contributed by atoms with Crippen molar-refractivity contribution in [1.82, 2.24) is 0 Å². The van der Waals surface area contributed by atoms with Crippen LogP contribution in [0.3, 0.4) is 0 Å². The first-order chi connectivity index (χ1) is 8.79. The Kier molecular flexibility index (Phi) is 6.56. The fourth-order valence-electron chi connectivity index (χ4n) is 1.33. The van der Waals surface area contributed by atoms with E-state index in [1.54, 1.807) is 26.0 Å². The van der Waals surface area contributed by atoms with E-state index in [4.69, 9.17) is 9.79 Å². The van der Waals surface area contributed by atoms with Crippen molar-refractivity contribution in [1.29, 1.82) is 0 Å². The Morgan fingerprint density at radius 2 is 1.53 bits per heavy atom. The minimum Gasteiger partial charge on any atom is -0.507 e. The zero-order chi connectivity index (χ0) is 14.6. The predicted octanol–water partition coefficient (Wildman–Crippen LogP) is 2.18. The molecular formula is C9H14O7P2S. The van der Waals surface area contributed by atoms with E-state index in [0.29, 0.717) is 16.0 Å². The maximum absolute atomic E-state index is 10.6. The minimum absolute atomic E-state index is 0.147. The number of phenolic OH excluding ortho intramolecular Hbond substituents is 1. The number of aromatic hydroxyl groups is 1. The van der Waals surface area contributed by atoms with Gasteiger partial charge in [0.1, 0.15) is 5.75 Å². The van der Waals surface area contributed by atoms with Gasteiger partial charge in [-0.05, 0) is 37.1 Å². The van der Waals surface area contributed by atoms with Crippen LogP contribution in [0.15, 0.2) is 17.0 Å². The molecule has 2 atom stereocenters. The van der Waals surface area contributed by atoms with Gasteiger partial charge in [0.25, 0.3) is 0 Å². The van der Waals surface area contributed by atoms with Crippen molar-refractivity contribution < 1.29 is 33.1 Å². The van der Waals surface area contributed by atoms with Crippen LogP contribution in [0.5, 0.6) is 5.75 Å². The lowest BCUT2D eigenvalue weighted by atomic mass is 10.1. The number of rotatable bonds is 6. The Bertz CT molecular complexity index is 468. The van der Waals surface area contributed by atoms with Gasteiger partial charge in [-0.1, -0.05) is 11.8 Å². The molecule has 1 rings (SSSR count). The van der Waals surface area contributed by atoms with Gasteiger partial charge in [-0.2, -0.15) is 0 Å². The highest BCUT2D eigenvalue weighted by molar-refractivity contribution is 7.99. The second-order valence-electron chi connectivity index (χ2n) is 3.58. The summed E-state index contributed by atoms with van der Waals surface area (Å²) in [5.74, 6) is 0.147. The summed E-state index contributed by atoms with van der Waals surface area (Å²) in [5.41, 5.74) is -0.153. The van der Waals surface area contributed by atoms with Crippen LogP contribution in [-0.4, -0.2) is 20.5 Å². The number of phenols is 1. The third-order valence-corrected chi connectivity index (χ3v) is 4.16. The van der Waals surface area contributed by atoms with Crippen molar-refractivity contribution in [3.8, 4) is 5.75 Å². The second-order valence-corrected chi connectivity index (χ2v) is 6.21. The Morgan fingerprint density at radius 3 is 1.89 bits per heavy atom. The summed E-state index contributed by atoms with van der Waals surface area (Å²) >= 11 is 0.858. The number of hydrogen-bond acceptors (Lipinski definition) is 6. The predicted molar refractivity (Wildman–Crippen MR) is 71.8 cm³/mol. The van der Waals surface area contributed by atoms with Crippen LogP contribution in [0.4, 0.5) is 0 Å². The quantitative estimate of drug-likeness (QED) is 0.414. The molecule has 0 aromatic heterocycles. The van der Waals surface area contributed by atoms with E-state index >= 15 is 0 Å². The Balaban J connectivity index is 2.89. The Hall–Kier alpha value is -0.330. The van der Waals surface area contributed by atoms with Gasteiger partial charge in [-0.25, -0.2) is 0 Å². The molecule has 108 valence electrons. The van der Waals surface area contributed by atoms with Gasteiger partial charge >= 0.3 is 16.5 Å². The van der Waals surface area contributed by atoms with Crippen molar-refractivity contribution in [3.05, 3.63) is 23.3 Å². The van der Waals surface area contributed by atoms with Crippen molar-refractivity contribution in [2.45, 2.75) is 24.4 Å². The minimum atomic E-state index is -3.30. The van der Waals surface area contributed by atoms with E-state index < -0.39 is 22.1 Å². The van der Waals surface area contributed by atoms with E-state index in [9.17, 15) is 14.2 Å². The van der Waals surface area contributed by atoms with E-state index in [1.807, 2.05) is 0 Å². The first-order valence-electron chi connectivity index (χ1n) is 5.05. The molecule has 0 aliphatic rings. The summed E-state index contributed by atoms with van der Waals surface area (Å²) in [7, 11) is -6.61. The molecule has 0 amide bonds. The second kappa shape index (κ2) is 7.45. The van der Waals surface area contributed by atoms with Crippen LogP contribution in [-0.2, 0) is 18.2 Å². The molecule has 19 heavy (non-hydrogen) atoms. The monoisotopic (exact) mass is 328 g/mol. The van der Waals surface area contributed by atoms with Crippen LogP contribution in [0.25, 0.3) is 0 Å². The summed E-state index contributed by atoms with van der Waals surface area (Å²) in [4.78, 5) is 17.9. The zero-order valence-electron chi connectivity index (χ0n) is 10.1. The summed E-state index contributed by atoms with van der Waals surface area (Å²) < 4.78 is 30.3. The lowest BCUT2D eigenvalue weighted by Crippen LogP contribution is -2.05. The van der Waals surface area contributed by atoms with Gasteiger partial charge in [0.15, 0.2) is 0 Å². The third-order valence-electron chi connectivity index (χ3n) is 2.09. The molecule has 0 saturated carbocycles. The van der Waals surface area contributed by atoms with E-state index in [0.717, 1.165) is 11.8 Å². The highest BCUT2D eigenvalue weighted by atomic mass is 32.2. The summed E-state index contributed by atoms with van der Waals surface area (Å²) in [5, 5.41) is 9.61. The fraction of sp³-hybridized carbons (Fsp3) is 0.333. The SMILES string of the molecule is Cc1cc(SC(O[PH](=O)O)O[PH](=O)O)cc(C)c1O. The molecule has 0 saturated heterocycles. The summed E-state index contributed by atoms with van der Waals surface area (Å²) in [6, 6.07) is 3.21. The topological polar surface area (TPSA) is 113 Å². The first-order valence-corrected chi connectivity index (χ1v) is 8.46. The fourth-order valence-corrected chi connectivity index (χ4v) is 3.44. The van der Waals surface area contributed by atoms with Crippen molar-refractivity contribution in [2.75, 3.05) is 0 Å². The van der Waals surface area contributed by atoms with Crippen molar-refractivity contribution >= 4 is 28.3 Å². The molecule has 0 heterocycles. The van der Waals surface area contributed by atoms with Gasteiger partial charge in [0, 0.05) is 4.90 Å². The highest BCUT2D eigenvalue weighted by Crippen LogP contribution is 2.38. The molecule has 10 heteroatoms. The maximum Gasteiger partial charge on any atom is 0.319 e. The standard InChI is InChI=1S/C9H14O7P2S/c1-5-3-7(4-6(2)8(5)10)19-9(15-17(11)12)16-18(13)14/h3-4,9-10,17-18H,1-2H3,(H,11,12)(H,13,14). The van der Waals surface area contributed by atoms with E-state index in [-0.39, 0.29) is 5.75 Å². The van der Waals surface area contributed by atoms with Crippen LogP contribution in [0.2, 0.25) is 0 Å². The molecule has 0 radical (unpaired) electrons. The molecule has 3 N–H and O–H groups in total. The number of benzene rings is 1. The molecular weight excluding hydrogens is 314 g/mol. The maximum atomic E-state index is 10.6. The highest BCUT2D eigenvalue weighted by Gasteiger charge is 2.17. The van der Waals surface area contributed by atoms with Crippen LogP contribution < -0.4 is 0 Å². The van der Waals surface area contributed by atoms with Crippen molar-refractivity contribution in [3.63, 3.8) is 0 Å². The molecule has 0 aliphatic heterocycles. The van der Waals surface area contributed by atoms with Gasteiger partial charge in [-0.15, -0.1) is 0 Å². The molecule has 7 nitrogen and oxygen atoms in total. The Morgan fingerprint density at radius 1 is 1.11 bits per heavy atom. The van der Waals surface area contributed by atoms with Crippen LogP contribution in [0, 0.1) is 13.8 Å².